The van der Waals surface area contributed by atoms with Gasteiger partial charge in [0.2, 0.25) is 0 Å². The number of hydrogen-bond acceptors (Lipinski definition) is 5. The van der Waals surface area contributed by atoms with Crippen LogP contribution in [0.25, 0.3) is 10.1 Å². The molecule has 0 fully saturated rings. The quantitative estimate of drug-likeness (QED) is 0.517. The molecule has 0 spiro atoms. The summed E-state index contributed by atoms with van der Waals surface area (Å²) in [5.41, 5.74) is 0.403. The summed E-state index contributed by atoms with van der Waals surface area (Å²) in [6.45, 7) is -0.366. The van der Waals surface area contributed by atoms with E-state index in [-0.39, 0.29) is 18.2 Å². The summed E-state index contributed by atoms with van der Waals surface area (Å²) in [6.07, 6.45) is 0. The summed E-state index contributed by atoms with van der Waals surface area (Å²) in [7, 11) is 1.51. The van der Waals surface area contributed by atoms with Gasteiger partial charge in [-0.3, -0.25) is 4.79 Å². The lowest BCUT2D eigenvalue weighted by molar-refractivity contribution is 0.0479. The lowest BCUT2D eigenvalue weighted by atomic mass is 10.1. The van der Waals surface area contributed by atoms with Crippen LogP contribution in [0, 0.1) is 5.82 Å². The molecule has 0 amide bonds. The number of benzene rings is 2. The Morgan fingerprint density at radius 2 is 1.96 bits per heavy atom. The molecule has 122 valence electrons. The van der Waals surface area contributed by atoms with Crippen LogP contribution in [0.3, 0.4) is 0 Å². The summed E-state index contributed by atoms with van der Waals surface area (Å²) in [5, 5.41) is 0.631. The Balaban J connectivity index is 1.68. The summed E-state index contributed by atoms with van der Waals surface area (Å²) >= 11 is 1.20. The van der Waals surface area contributed by atoms with E-state index in [1.54, 1.807) is 36.4 Å². The van der Waals surface area contributed by atoms with Gasteiger partial charge in [0, 0.05) is 10.3 Å². The van der Waals surface area contributed by atoms with Crippen LogP contribution in [0.1, 0.15) is 20.0 Å². The van der Waals surface area contributed by atoms with Crippen molar-refractivity contribution in [3.05, 3.63) is 64.8 Å². The van der Waals surface area contributed by atoms with Gasteiger partial charge in [-0.1, -0.05) is 12.1 Å². The second-order valence-electron chi connectivity index (χ2n) is 5.02. The molecule has 0 aliphatic carbocycles. The van der Waals surface area contributed by atoms with Gasteiger partial charge >= 0.3 is 5.97 Å². The molecule has 0 saturated heterocycles. The number of methoxy groups -OCH3 is 1. The Morgan fingerprint density at radius 3 is 2.75 bits per heavy atom. The zero-order valence-corrected chi connectivity index (χ0v) is 13.6. The van der Waals surface area contributed by atoms with Crippen molar-refractivity contribution in [3.8, 4) is 5.75 Å². The second-order valence-corrected chi connectivity index (χ2v) is 6.11. The smallest absolute Gasteiger partial charge is 0.348 e. The maximum Gasteiger partial charge on any atom is 0.348 e. The molecular formula is C18H13FO4S. The molecule has 0 aliphatic rings. The first-order valence-electron chi connectivity index (χ1n) is 7.10. The predicted octanol–water partition coefficient (Wildman–Crippen LogP) is 4.09. The SMILES string of the molecule is COc1cccc(C(=O)COC(=O)c2cc3cc(F)ccc3s2)c1. The second kappa shape index (κ2) is 6.80. The molecule has 2 aromatic carbocycles. The molecule has 0 radical (unpaired) electrons. The first-order chi connectivity index (χ1) is 11.6. The molecule has 1 heterocycles. The number of esters is 1. The molecule has 0 saturated carbocycles. The van der Waals surface area contributed by atoms with Crippen LogP contribution in [0.2, 0.25) is 0 Å². The minimum absolute atomic E-state index is 0.325. The molecule has 0 N–H and O–H groups in total. The topological polar surface area (TPSA) is 52.6 Å². The average molecular weight is 344 g/mol. The highest BCUT2D eigenvalue weighted by molar-refractivity contribution is 7.20. The third-order valence-corrected chi connectivity index (χ3v) is 4.50. The van der Waals surface area contributed by atoms with Crippen molar-refractivity contribution >= 4 is 33.2 Å². The van der Waals surface area contributed by atoms with E-state index in [1.807, 2.05) is 0 Å². The normalized spacial score (nSPS) is 10.6. The molecular weight excluding hydrogens is 331 g/mol. The fourth-order valence-electron chi connectivity index (χ4n) is 2.20. The van der Waals surface area contributed by atoms with Crippen molar-refractivity contribution in [1.29, 1.82) is 0 Å². The van der Waals surface area contributed by atoms with Gasteiger partial charge in [0.25, 0.3) is 0 Å². The highest BCUT2D eigenvalue weighted by atomic mass is 32.1. The van der Waals surface area contributed by atoms with Crippen molar-refractivity contribution < 1.29 is 23.5 Å². The van der Waals surface area contributed by atoms with Crippen LogP contribution < -0.4 is 4.74 Å². The predicted molar refractivity (Wildman–Crippen MR) is 89.4 cm³/mol. The number of fused-ring (bicyclic) bond motifs is 1. The number of ketones is 1. The Kier molecular flexibility index (Phi) is 4.57. The molecule has 0 aliphatic heterocycles. The number of rotatable bonds is 5. The van der Waals surface area contributed by atoms with E-state index in [9.17, 15) is 14.0 Å². The zero-order valence-electron chi connectivity index (χ0n) is 12.7. The van der Waals surface area contributed by atoms with E-state index < -0.39 is 5.97 Å². The summed E-state index contributed by atoms with van der Waals surface area (Å²) in [6, 6.07) is 12.5. The van der Waals surface area contributed by atoms with Crippen molar-refractivity contribution in [2.75, 3.05) is 13.7 Å². The number of thiophene rings is 1. The zero-order chi connectivity index (χ0) is 17.1. The maximum atomic E-state index is 13.2. The molecule has 3 aromatic rings. The van der Waals surface area contributed by atoms with Gasteiger partial charge in [0.05, 0.1) is 7.11 Å². The van der Waals surface area contributed by atoms with E-state index in [4.69, 9.17) is 9.47 Å². The third kappa shape index (κ3) is 3.44. The minimum atomic E-state index is -0.604. The minimum Gasteiger partial charge on any atom is -0.497 e. The van der Waals surface area contributed by atoms with Gasteiger partial charge in [-0.25, -0.2) is 9.18 Å². The number of Topliss-reactive ketones (excluding diaryl/α,β-unsaturated/α-hetero) is 1. The summed E-state index contributed by atoms with van der Waals surface area (Å²) < 4.78 is 24.1. The lowest BCUT2D eigenvalue weighted by Crippen LogP contribution is -2.13. The molecule has 6 heteroatoms. The largest absolute Gasteiger partial charge is 0.497 e. The number of ether oxygens (including phenoxy) is 2. The Hall–Kier alpha value is -2.73. The fourth-order valence-corrected chi connectivity index (χ4v) is 3.13. The van der Waals surface area contributed by atoms with E-state index in [0.717, 1.165) is 4.70 Å². The lowest BCUT2D eigenvalue weighted by Gasteiger charge is -2.04. The number of halogens is 1. The van der Waals surface area contributed by atoms with Gasteiger partial charge in [0.15, 0.2) is 12.4 Å². The third-order valence-electron chi connectivity index (χ3n) is 3.41. The maximum absolute atomic E-state index is 13.2. The van der Waals surface area contributed by atoms with Crippen LogP contribution >= 0.6 is 11.3 Å². The highest BCUT2D eigenvalue weighted by Gasteiger charge is 2.15. The Labute approximate surface area is 141 Å². The van der Waals surface area contributed by atoms with Crippen molar-refractivity contribution in [2.24, 2.45) is 0 Å². The first kappa shape index (κ1) is 16.1. The van der Waals surface area contributed by atoms with E-state index in [2.05, 4.69) is 0 Å². The van der Waals surface area contributed by atoms with Gasteiger partial charge in [0.1, 0.15) is 16.4 Å². The Bertz CT molecular complexity index is 916. The number of carbonyl (C=O) groups is 2. The Morgan fingerprint density at radius 1 is 1.12 bits per heavy atom. The standard InChI is InChI=1S/C18H13FO4S/c1-22-14-4-2-3-11(8-14)15(20)10-23-18(21)17-9-12-7-13(19)5-6-16(12)24-17/h2-9H,10H2,1H3. The molecule has 3 rings (SSSR count). The fraction of sp³-hybridized carbons (Fsp3) is 0.111. The molecule has 0 bridgehead atoms. The van der Waals surface area contributed by atoms with E-state index in [1.165, 1.54) is 30.6 Å². The van der Waals surface area contributed by atoms with Crippen LogP contribution in [0.4, 0.5) is 4.39 Å². The monoisotopic (exact) mass is 344 g/mol. The van der Waals surface area contributed by atoms with Gasteiger partial charge in [-0.2, -0.15) is 0 Å². The van der Waals surface area contributed by atoms with Gasteiger partial charge < -0.3 is 9.47 Å². The van der Waals surface area contributed by atoms with E-state index >= 15 is 0 Å². The van der Waals surface area contributed by atoms with Gasteiger partial charge in [-0.15, -0.1) is 11.3 Å². The van der Waals surface area contributed by atoms with Crippen LogP contribution in [0.15, 0.2) is 48.5 Å². The summed E-state index contributed by atoms with van der Waals surface area (Å²) in [4.78, 5) is 24.5. The number of hydrogen-bond donors (Lipinski definition) is 0. The van der Waals surface area contributed by atoms with Crippen LogP contribution in [-0.4, -0.2) is 25.5 Å². The summed E-state index contributed by atoms with van der Waals surface area (Å²) in [5.74, 6) is -0.741. The molecule has 1 aromatic heterocycles. The molecule has 0 atom stereocenters. The van der Waals surface area contributed by atoms with Crippen LogP contribution in [-0.2, 0) is 4.74 Å². The average Bonchev–Trinajstić information content (AvgIpc) is 3.02. The molecule has 24 heavy (non-hydrogen) atoms. The first-order valence-corrected chi connectivity index (χ1v) is 7.92. The van der Waals surface area contributed by atoms with E-state index in [0.29, 0.717) is 21.6 Å². The van der Waals surface area contributed by atoms with Crippen molar-refractivity contribution in [2.45, 2.75) is 0 Å². The molecule has 0 unspecified atom stereocenters. The highest BCUT2D eigenvalue weighted by Crippen LogP contribution is 2.26. The van der Waals surface area contributed by atoms with Crippen molar-refractivity contribution in [1.82, 2.24) is 0 Å². The van der Waals surface area contributed by atoms with Crippen LogP contribution in [0.5, 0.6) is 5.75 Å². The van der Waals surface area contributed by atoms with Crippen molar-refractivity contribution in [3.63, 3.8) is 0 Å². The number of carbonyl (C=O) groups excluding carboxylic acids is 2. The molecule has 4 nitrogen and oxygen atoms in total. The van der Waals surface area contributed by atoms with Gasteiger partial charge in [-0.05, 0) is 41.8 Å².